The number of aromatic nitrogens is 5. The Morgan fingerprint density at radius 1 is 1.11 bits per heavy atom. The van der Waals surface area contributed by atoms with Gasteiger partial charge < -0.3 is 10.3 Å². The number of rotatable bonds is 8. The van der Waals surface area contributed by atoms with Gasteiger partial charge in [0.25, 0.3) is 0 Å². The van der Waals surface area contributed by atoms with Crippen LogP contribution in [0.25, 0.3) is 50.2 Å². The molecule has 3 N–H and O–H groups in total. The van der Waals surface area contributed by atoms with E-state index in [1.807, 2.05) is 19.1 Å². The summed E-state index contributed by atoms with van der Waals surface area (Å²) in [5.41, 5.74) is 8.36. The van der Waals surface area contributed by atoms with E-state index in [2.05, 4.69) is 76.8 Å². The number of fused-ring (bicyclic) bond motifs is 2. The van der Waals surface area contributed by atoms with E-state index in [0.717, 1.165) is 44.5 Å². The summed E-state index contributed by atoms with van der Waals surface area (Å²) in [7, 11) is 0. The molecule has 0 saturated carbocycles. The first-order valence-electron chi connectivity index (χ1n) is 12.4. The van der Waals surface area contributed by atoms with E-state index in [4.69, 9.17) is 4.98 Å². The van der Waals surface area contributed by atoms with Crippen LogP contribution in [-0.2, 0) is 0 Å². The zero-order chi connectivity index (χ0) is 26.8. The fourth-order valence-corrected chi connectivity index (χ4v) is 4.26. The van der Waals surface area contributed by atoms with Gasteiger partial charge in [-0.1, -0.05) is 51.3 Å². The Kier molecular flexibility index (Phi) is 6.75. The van der Waals surface area contributed by atoms with Crippen molar-refractivity contribution in [3.05, 3.63) is 109 Å². The second kappa shape index (κ2) is 10.3. The first kappa shape index (κ1) is 24.9. The molecule has 0 aliphatic heterocycles. The summed E-state index contributed by atoms with van der Waals surface area (Å²) in [5, 5.41) is 12.0. The van der Waals surface area contributed by atoms with Gasteiger partial charge in [-0.2, -0.15) is 5.10 Å². The molecule has 0 unspecified atom stereocenters. The number of hydrogen-bond acceptors (Lipinski definition) is 4. The van der Waals surface area contributed by atoms with Crippen molar-refractivity contribution < 1.29 is 4.39 Å². The molecular weight excluding hydrogens is 475 g/mol. The zero-order valence-corrected chi connectivity index (χ0v) is 21.6. The lowest BCUT2D eigenvalue weighted by molar-refractivity contribution is 0.628. The SMILES string of the molecule is C=C/C(=C\C(=C/C)c1ccc2[nH]nc(-c3nc4c(-c5cccc(F)c5)cncc4[nH]3)c2c1)NC(=C)C(C)C. The Morgan fingerprint density at radius 2 is 1.95 bits per heavy atom. The van der Waals surface area contributed by atoms with E-state index >= 15 is 0 Å². The maximum absolute atomic E-state index is 13.9. The number of aromatic amines is 2. The average Bonchev–Trinajstić information content (AvgIpc) is 3.54. The van der Waals surface area contributed by atoms with E-state index < -0.39 is 0 Å². The third-order valence-electron chi connectivity index (χ3n) is 6.49. The normalized spacial score (nSPS) is 12.4. The molecule has 6 nitrogen and oxygen atoms in total. The van der Waals surface area contributed by atoms with Crippen LogP contribution in [0.1, 0.15) is 26.3 Å². The van der Waals surface area contributed by atoms with Crippen molar-refractivity contribution in [2.45, 2.75) is 20.8 Å². The molecule has 0 radical (unpaired) electrons. The minimum Gasteiger partial charge on any atom is -0.359 e. The smallest absolute Gasteiger partial charge is 0.159 e. The molecule has 5 aromatic rings. The molecule has 0 atom stereocenters. The first-order chi connectivity index (χ1) is 18.4. The van der Waals surface area contributed by atoms with E-state index in [1.165, 1.54) is 12.1 Å². The highest BCUT2D eigenvalue weighted by Crippen LogP contribution is 2.32. The fraction of sp³-hybridized carbons (Fsp3) is 0.129. The molecule has 0 amide bonds. The fourth-order valence-electron chi connectivity index (χ4n) is 4.26. The number of nitrogens with one attached hydrogen (secondary N) is 3. The standard InChI is InChI=1S/C31H29FN6/c1-6-20(14-24(7-2)34-19(5)18(3)4)21-11-12-27-25(15-21)30(38-37-27)31-35-28-17-33-16-26(29(28)36-31)22-9-8-10-23(32)13-22/h6-18,34H,2,5H2,1,3-4H3,(H,35,36)(H,37,38)/b20-6+,24-14+. The van der Waals surface area contributed by atoms with Crippen LogP contribution in [0.15, 0.2) is 97.6 Å². The van der Waals surface area contributed by atoms with Gasteiger partial charge in [-0.25, -0.2) is 9.37 Å². The molecular formula is C31H29FN6. The minimum absolute atomic E-state index is 0.303. The van der Waals surface area contributed by atoms with Crippen LogP contribution in [-0.4, -0.2) is 25.1 Å². The predicted molar refractivity (Wildman–Crippen MR) is 153 cm³/mol. The Balaban J connectivity index is 1.56. The van der Waals surface area contributed by atoms with Gasteiger partial charge in [-0.15, -0.1) is 0 Å². The molecule has 5 rings (SSSR count). The Bertz CT molecular complexity index is 1730. The summed E-state index contributed by atoms with van der Waals surface area (Å²) < 4.78 is 13.9. The van der Waals surface area contributed by atoms with Crippen LogP contribution in [0.4, 0.5) is 4.39 Å². The van der Waals surface area contributed by atoms with Crippen LogP contribution in [0.5, 0.6) is 0 Å². The molecule has 0 saturated heterocycles. The van der Waals surface area contributed by atoms with Gasteiger partial charge in [-0.3, -0.25) is 10.1 Å². The lowest BCUT2D eigenvalue weighted by Crippen LogP contribution is -2.14. The highest BCUT2D eigenvalue weighted by Gasteiger charge is 2.16. The van der Waals surface area contributed by atoms with Crippen molar-refractivity contribution >= 4 is 27.5 Å². The van der Waals surface area contributed by atoms with Crippen LogP contribution < -0.4 is 5.32 Å². The highest BCUT2D eigenvalue weighted by molar-refractivity contribution is 5.98. The summed E-state index contributed by atoms with van der Waals surface area (Å²) in [4.78, 5) is 12.5. The topological polar surface area (TPSA) is 82.3 Å². The van der Waals surface area contributed by atoms with E-state index in [9.17, 15) is 4.39 Å². The lowest BCUT2D eigenvalue weighted by Gasteiger charge is -2.14. The van der Waals surface area contributed by atoms with Crippen molar-refractivity contribution in [1.82, 2.24) is 30.5 Å². The number of benzene rings is 2. The number of hydrogen-bond donors (Lipinski definition) is 3. The van der Waals surface area contributed by atoms with Gasteiger partial charge in [0.05, 0.1) is 22.7 Å². The summed E-state index contributed by atoms with van der Waals surface area (Å²) in [5.74, 6) is 0.601. The predicted octanol–water partition coefficient (Wildman–Crippen LogP) is 7.54. The summed E-state index contributed by atoms with van der Waals surface area (Å²) in [6.07, 6.45) is 9.32. The van der Waals surface area contributed by atoms with Crippen LogP contribution in [0, 0.1) is 11.7 Å². The van der Waals surface area contributed by atoms with Gasteiger partial charge in [0.15, 0.2) is 5.82 Å². The van der Waals surface area contributed by atoms with Gasteiger partial charge in [0.2, 0.25) is 0 Å². The Morgan fingerprint density at radius 3 is 2.68 bits per heavy atom. The Hall–Kier alpha value is -4.78. The molecule has 7 heteroatoms. The van der Waals surface area contributed by atoms with E-state index in [-0.39, 0.29) is 5.82 Å². The largest absolute Gasteiger partial charge is 0.359 e. The van der Waals surface area contributed by atoms with Crippen molar-refractivity contribution in [2.24, 2.45) is 5.92 Å². The minimum atomic E-state index is -0.307. The molecule has 0 aliphatic carbocycles. The van der Waals surface area contributed by atoms with Crippen molar-refractivity contribution in [2.75, 3.05) is 0 Å². The van der Waals surface area contributed by atoms with Crippen molar-refractivity contribution in [3.8, 4) is 22.6 Å². The van der Waals surface area contributed by atoms with E-state index in [1.54, 1.807) is 24.5 Å². The Labute approximate surface area is 220 Å². The third kappa shape index (κ3) is 4.78. The molecule has 0 bridgehead atoms. The second-order valence-corrected chi connectivity index (χ2v) is 9.36. The lowest BCUT2D eigenvalue weighted by atomic mass is 10.0. The quantitative estimate of drug-likeness (QED) is 0.191. The van der Waals surface area contributed by atoms with Gasteiger partial charge in [0, 0.05) is 28.5 Å². The van der Waals surface area contributed by atoms with Crippen LogP contribution in [0.3, 0.4) is 0 Å². The molecule has 2 aromatic carbocycles. The molecule has 3 aromatic heterocycles. The first-order valence-corrected chi connectivity index (χ1v) is 12.4. The monoisotopic (exact) mass is 504 g/mol. The number of nitrogens with zero attached hydrogens (tertiary/aromatic N) is 3. The molecule has 3 heterocycles. The number of halogens is 1. The van der Waals surface area contributed by atoms with Crippen LogP contribution >= 0.6 is 0 Å². The number of H-pyrrole nitrogens is 2. The molecule has 0 aliphatic rings. The molecule has 0 fully saturated rings. The highest BCUT2D eigenvalue weighted by atomic mass is 19.1. The summed E-state index contributed by atoms with van der Waals surface area (Å²) in [6.45, 7) is 14.3. The maximum Gasteiger partial charge on any atom is 0.159 e. The molecule has 0 spiro atoms. The van der Waals surface area contributed by atoms with E-state index in [0.29, 0.717) is 28.5 Å². The third-order valence-corrected chi connectivity index (χ3v) is 6.49. The maximum atomic E-state index is 13.9. The number of pyridine rings is 1. The van der Waals surface area contributed by atoms with Gasteiger partial charge in [-0.05, 0) is 66.0 Å². The summed E-state index contributed by atoms with van der Waals surface area (Å²) >= 11 is 0. The van der Waals surface area contributed by atoms with Crippen molar-refractivity contribution in [3.63, 3.8) is 0 Å². The zero-order valence-electron chi connectivity index (χ0n) is 21.6. The molecule has 38 heavy (non-hydrogen) atoms. The van der Waals surface area contributed by atoms with Crippen LogP contribution in [0.2, 0.25) is 0 Å². The second-order valence-electron chi connectivity index (χ2n) is 9.36. The van der Waals surface area contributed by atoms with Gasteiger partial charge in [0.1, 0.15) is 11.5 Å². The van der Waals surface area contributed by atoms with Crippen molar-refractivity contribution in [1.29, 1.82) is 0 Å². The average molecular weight is 505 g/mol. The number of allylic oxidation sites excluding steroid dienone is 5. The van der Waals surface area contributed by atoms with Gasteiger partial charge >= 0.3 is 0 Å². The number of imidazole rings is 1. The summed E-state index contributed by atoms with van der Waals surface area (Å²) in [6, 6.07) is 12.6. The molecule has 190 valence electrons.